The van der Waals surface area contributed by atoms with Crippen LogP contribution in [0, 0.1) is 21.7 Å². The molecule has 0 aliphatic heterocycles. The van der Waals surface area contributed by atoms with Crippen LogP contribution in [0.4, 0.5) is 20.2 Å². The van der Waals surface area contributed by atoms with Crippen LogP contribution in [0.3, 0.4) is 0 Å². The van der Waals surface area contributed by atoms with Crippen LogP contribution in [0.15, 0.2) is 78.0 Å². The highest BCUT2D eigenvalue weighted by molar-refractivity contribution is 7.99. The molecular weight excluding hydrogens is 492 g/mol. The zero-order valence-electron chi connectivity index (χ0n) is 18.8. The number of hydrogen-bond acceptors (Lipinski definition) is 7. The van der Waals surface area contributed by atoms with Crippen LogP contribution in [0.1, 0.15) is 18.9 Å². The molecule has 12 heteroatoms. The number of amides is 1. The lowest BCUT2D eigenvalue weighted by Crippen LogP contribution is -2.16. The summed E-state index contributed by atoms with van der Waals surface area (Å²) in [5, 5.41) is 22.0. The summed E-state index contributed by atoms with van der Waals surface area (Å²) >= 11 is 1.02. The Morgan fingerprint density at radius 1 is 1.08 bits per heavy atom. The molecular formula is C24H19F2N5O4S. The van der Waals surface area contributed by atoms with Gasteiger partial charge in [-0.25, -0.2) is 8.78 Å². The van der Waals surface area contributed by atoms with Crippen molar-refractivity contribution in [3.8, 4) is 11.4 Å². The van der Waals surface area contributed by atoms with Crippen LogP contribution in [-0.4, -0.2) is 31.3 Å². The number of rotatable bonds is 9. The number of carbonyl (C=O) groups excluding carboxylic acids is 1. The van der Waals surface area contributed by atoms with E-state index in [1.54, 1.807) is 23.6 Å². The second-order valence-electron chi connectivity index (χ2n) is 7.46. The number of benzene rings is 3. The number of para-hydroxylation sites is 2. The Labute approximate surface area is 208 Å². The van der Waals surface area contributed by atoms with Crippen molar-refractivity contribution in [3.05, 3.63) is 100 Å². The summed E-state index contributed by atoms with van der Waals surface area (Å²) in [5.74, 6) is -1.67. The summed E-state index contributed by atoms with van der Waals surface area (Å²) in [5.41, 5.74) is 0.0395. The highest BCUT2D eigenvalue weighted by atomic mass is 32.2. The van der Waals surface area contributed by atoms with Crippen molar-refractivity contribution in [1.29, 1.82) is 0 Å². The summed E-state index contributed by atoms with van der Waals surface area (Å²) in [6, 6.07) is 17.9. The molecule has 0 saturated heterocycles. The number of halogens is 2. The first-order valence-electron chi connectivity index (χ1n) is 10.6. The summed E-state index contributed by atoms with van der Waals surface area (Å²) in [6.07, 6.45) is -0.697. The van der Waals surface area contributed by atoms with Gasteiger partial charge in [-0.3, -0.25) is 19.5 Å². The smallest absolute Gasteiger partial charge is 0.271 e. The zero-order valence-corrected chi connectivity index (χ0v) is 19.6. The van der Waals surface area contributed by atoms with Gasteiger partial charge < -0.3 is 10.1 Å². The number of nitrogens with one attached hydrogen (secondary N) is 1. The number of nitro groups is 1. The molecule has 0 aliphatic rings. The maximum atomic E-state index is 14.1. The number of non-ortho nitro benzene ring substituents is 1. The van der Waals surface area contributed by atoms with E-state index < -0.39 is 28.6 Å². The van der Waals surface area contributed by atoms with Gasteiger partial charge in [0.05, 0.1) is 16.4 Å². The van der Waals surface area contributed by atoms with Crippen molar-refractivity contribution < 1.29 is 23.2 Å². The average Bonchev–Trinajstić information content (AvgIpc) is 3.30. The third-order valence-electron chi connectivity index (χ3n) is 4.94. The van der Waals surface area contributed by atoms with Gasteiger partial charge in [-0.1, -0.05) is 42.1 Å². The van der Waals surface area contributed by atoms with E-state index in [1.807, 2.05) is 30.3 Å². The summed E-state index contributed by atoms with van der Waals surface area (Å²) in [6.45, 7) is 1.70. The van der Waals surface area contributed by atoms with E-state index in [0.29, 0.717) is 16.7 Å². The largest absolute Gasteiger partial charge is 0.480 e. The molecule has 1 N–H and O–H groups in total. The van der Waals surface area contributed by atoms with Gasteiger partial charge in [-0.05, 0) is 37.3 Å². The van der Waals surface area contributed by atoms with Crippen molar-refractivity contribution in [2.24, 2.45) is 0 Å². The number of anilines is 1. The van der Waals surface area contributed by atoms with E-state index in [2.05, 4.69) is 15.5 Å². The molecule has 0 fully saturated rings. The van der Waals surface area contributed by atoms with Gasteiger partial charge in [-0.2, -0.15) is 0 Å². The summed E-state index contributed by atoms with van der Waals surface area (Å²) in [4.78, 5) is 22.8. The predicted molar refractivity (Wildman–Crippen MR) is 129 cm³/mol. The van der Waals surface area contributed by atoms with Gasteiger partial charge in [0.1, 0.15) is 5.82 Å². The van der Waals surface area contributed by atoms with Gasteiger partial charge in [0.2, 0.25) is 5.91 Å². The Hall–Kier alpha value is -4.32. The van der Waals surface area contributed by atoms with Crippen LogP contribution in [-0.2, 0) is 4.79 Å². The number of carbonyl (C=O) groups is 1. The molecule has 0 spiro atoms. The third kappa shape index (κ3) is 5.66. The highest BCUT2D eigenvalue weighted by Gasteiger charge is 2.23. The van der Waals surface area contributed by atoms with Gasteiger partial charge in [-0.15, -0.1) is 10.2 Å². The molecule has 1 atom stereocenters. The van der Waals surface area contributed by atoms with Crippen molar-refractivity contribution in [1.82, 2.24) is 14.8 Å². The van der Waals surface area contributed by atoms with Crippen LogP contribution in [0.2, 0.25) is 0 Å². The first kappa shape index (κ1) is 24.8. The SMILES string of the molecule is CC(Oc1ccccc1F)c1nnc(SCC(=O)Nc2cc([N+](=O)[O-])ccc2F)n1-c1ccccc1. The Balaban J connectivity index is 1.55. The normalized spacial score (nSPS) is 11.6. The van der Waals surface area contributed by atoms with Crippen molar-refractivity contribution in [2.75, 3.05) is 11.1 Å². The molecule has 1 unspecified atom stereocenters. The Morgan fingerprint density at radius 3 is 2.53 bits per heavy atom. The minimum Gasteiger partial charge on any atom is -0.480 e. The molecule has 36 heavy (non-hydrogen) atoms. The molecule has 4 rings (SSSR count). The topological polar surface area (TPSA) is 112 Å². The first-order valence-corrected chi connectivity index (χ1v) is 11.6. The maximum absolute atomic E-state index is 14.1. The molecule has 0 aliphatic carbocycles. The number of ether oxygens (including phenoxy) is 1. The predicted octanol–water partition coefficient (Wildman–Crippen LogP) is 5.32. The van der Waals surface area contributed by atoms with Gasteiger partial charge >= 0.3 is 0 Å². The first-order chi connectivity index (χ1) is 17.3. The van der Waals surface area contributed by atoms with E-state index in [0.717, 1.165) is 30.0 Å². The number of nitrogens with zero attached hydrogens (tertiary/aromatic N) is 4. The molecule has 0 saturated carbocycles. The van der Waals surface area contributed by atoms with Gasteiger partial charge in [0, 0.05) is 17.8 Å². The van der Waals surface area contributed by atoms with Crippen LogP contribution < -0.4 is 10.1 Å². The molecule has 1 heterocycles. The number of nitro benzene ring substituents is 1. The van der Waals surface area contributed by atoms with E-state index in [-0.39, 0.29) is 22.9 Å². The lowest BCUT2D eigenvalue weighted by Gasteiger charge is -2.17. The number of aromatic nitrogens is 3. The lowest BCUT2D eigenvalue weighted by molar-refractivity contribution is -0.384. The van der Waals surface area contributed by atoms with E-state index in [4.69, 9.17) is 4.74 Å². The fourth-order valence-corrected chi connectivity index (χ4v) is 4.04. The van der Waals surface area contributed by atoms with Gasteiger partial charge in [0.25, 0.3) is 5.69 Å². The molecule has 0 bridgehead atoms. The molecule has 4 aromatic rings. The molecule has 3 aromatic carbocycles. The number of hydrogen-bond donors (Lipinski definition) is 1. The number of thioether (sulfide) groups is 1. The molecule has 1 amide bonds. The molecule has 1 aromatic heterocycles. The highest BCUT2D eigenvalue weighted by Crippen LogP contribution is 2.29. The Kier molecular flexibility index (Phi) is 7.54. The average molecular weight is 512 g/mol. The maximum Gasteiger partial charge on any atom is 0.271 e. The third-order valence-corrected chi connectivity index (χ3v) is 5.87. The summed E-state index contributed by atoms with van der Waals surface area (Å²) in [7, 11) is 0. The lowest BCUT2D eigenvalue weighted by atomic mass is 10.2. The summed E-state index contributed by atoms with van der Waals surface area (Å²) < 4.78 is 35.6. The van der Waals surface area contributed by atoms with Gasteiger partial charge in [0.15, 0.2) is 28.7 Å². The standard InChI is InChI=1S/C24H19F2N5O4S/c1-15(35-21-10-6-5-9-19(21)26)23-28-29-24(30(23)16-7-3-2-4-8-16)36-14-22(32)27-20-13-17(31(33)34)11-12-18(20)25/h2-13,15H,14H2,1H3,(H,27,32). The molecule has 0 radical (unpaired) electrons. The van der Waals surface area contributed by atoms with Crippen molar-refractivity contribution in [2.45, 2.75) is 18.2 Å². The second-order valence-corrected chi connectivity index (χ2v) is 8.40. The quantitative estimate of drug-likeness (QED) is 0.184. The zero-order chi connectivity index (χ0) is 25.7. The van der Waals surface area contributed by atoms with Crippen LogP contribution in [0.5, 0.6) is 5.75 Å². The fraction of sp³-hybridized carbons (Fsp3) is 0.125. The van der Waals surface area contributed by atoms with E-state index >= 15 is 0 Å². The fourth-order valence-electron chi connectivity index (χ4n) is 3.28. The Bertz CT molecular complexity index is 1400. The van der Waals surface area contributed by atoms with Crippen LogP contribution >= 0.6 is 11.8 Å². The minimum absolute atomic E-state index is 0.0557. The minimum atomic E-state index is -0.798. The van der Waals surface area contributed by atoms with E-state index in [9.17, 15) is 23.7 Å². The van der Waals surface area contributed by atoms with E-state index in [1.165, 1.54) is 12.1 Å². The monoisotopic (exact) mass is 511 g/mol. The Morgan fingerprint density at radius 2 is 1.81 bits per heavy atom. The molecule has 9 nitrogen and oxygen atoms in total. The molecule has 184 valence electrons. The second kappa shape index (κ2) is 11.0. The van der Waals surface area contributed by atoms with Crippen molar-refractivity contribution in [3.63, 3.8) is 0 Å². The van der Waals surface area contributed by atoms with Crippen molar-refractivity contribution >= 4 is 29.0 Å². The van der Waals surface area contributed by atoms with Crippen LogP contribution in [0.25, 0.3) is 5.69 Å².